The minimum absolute atomic E-state index is 0.0392. The number of thiophene rings is 1. The molecule has 0 unspecified atom stereocenters. The number of carbonyl (C=O) groups is 2. The fourth-order valence-corrected chi connectivity index (χ4v) is 5.78. The van der Waals surface area contributed by atoms with Crippen LogP contribution < -0.4 is 14.8 Å². The molecule has 5 rings (SSSR count). The first-order valence-corrected chi connectivity index (χ1v) is 14.4. The van der Waals surface area contributed by atoms with Crippen LogP contribution in [0.1, 0.15) is 28.2 Å². The van der Waals surface area contributed by atoms with E-state index in [1.807, 2.05) is 65.6 Å². The van der Waals surface area contributed by atoms with Crippen LogP contribution in [0.25, 0.3) is 10.8 Å². The molecule has 8 heteroatoms. The van der Waals surface area contributed by atoms with Crippen molar-refractivity contribution in [1.29, 1.82) is 0 Å². The molecule has 1 fully saturated rings. The van der Waals surface area contributed by atoms with Gasteiger partial charge in [0.1, 0.15) is 6.54 Å². The first-order chi connectivity index (χ1) is 19.4. The zero-order valence-electron chi connectivity index (χ0n) is 23.2. The van der Waals surface area contributed by atoms with Gasteiger partial charge in [-0.05, 0) is 67.5 Å². The zero-order chi connectivity index (χ0) is 28.1. The van der Waals surface area contributed by atoms with Gasteiger partial charge in [-0.15, -0.1) is 11.3 Å². The lowest BCUT2D eigenvalue weighted by atomic mass is 10.1. The van der Waals surface area contributed by atoms with E-state index in [-0.39, 0.29) is 24.5 Å². The lowest BCUT2D eigenvalue weighted by Gasteiger charge is -2.28. The normalized spacial score (nSPS) is 12.7. The maximum absolute atomic E-state index is 13.8. The minimum Gasteiger partial charge on any atom is -0.493 e. The number of hydrogen-bond donors (Lipinski definition) is 1. The Morgan fingerprint density at radius 1 is 0.950 bits per heavy atom. The van der Waals surface area contributed by atoms with E-state index in [9.17, 15) is 9.59 Å². The second-order valence-electron chi connectivity index (χ2n) is 10.1. The van der Waals surface area contributed by atoms with Crippen LogP contribution in [-0.4, -0.2) is 55.1 Å². The molecule has 1 aliphatic rings. The number of anilines is 1. The van der Waals surface area contributed by atoms with Gasteiger partial charge in [-0.2, -0.15) is 0 Å². The number of hydrogen-bond acceptors (Lipinski definition) is 5. The van der Waals surface area contributed by atoms with Crippen molar-refractivity contribution in [2.45, 2.75) is 38.8 Å². The van der Waals surface area contributed by atoms with Crippen molar-refractivity contribution in [3.05, 3.63) is 88.1 Å². The van der Waals surface area contributed by atoms with Crippen LogP contribution in [0.5, 0.6) is 11.5 Å². The van der Waals surface area contributed by atoms with E-state index >= 15 is 0 Å². The molecule has 0 spiro atoms. The third-order valence-electron chi connectivity index (χ3n) is 7.20. The third-order valence-corrected chi connectivity index (χ3v) is 8.18. The molecule has 4 aromatic rings. The van der Waals surface area contributed by atoms with Crippen molar-refractivity contribution in [2.24, 2.45) is 0 Å². The van der Waals surface area contributed by atoms with Crippen LogP contribution in [0.3, 0.4) is 0 Å². The molecule has 3 aromatic carbocycles. The van der Waals surface area contributed by atoms with Gasteiger partial charge in [0.25, 0.3) is 0 Å². The Balaban J connectivity index is 1.32. The number of carbonyl (C=O) groups excluding carboxylic acids is 2. The van der Waals surface area contributed by atoms with Gasteiger partial charge in [0.05, 0.1) is 26.5 Å². The molecule has 3 amide bonds. The maximum atomic E-state index is 13.8. The molecule has 0 aliphatic heterocycles. The predicted octanol–water partition coefficient (Wildman–Crippen LogP) is 6.49. The maximum Gasteiger partial charge on any atom is 0.322 e. The Morgan fingerprint density at radius 3 is 2.45 bits per heavy atom. The summed E-state index contributed by atoms with van der Waals surface area (Å²) in [4.78, 5) is 33.2. The molecule has 7 nitrogen and oxygen atoms in total. The number of ether oxygens (including phenoxy) is 2. The van der Waals surface area contributed by atoms with E-state index in [1.165, 1.54) is 4.88 Å². The fourth-order valence-electron chi connectivity index (χ4n) is 4.87. The molecule has 0 atom stereocenters. The Bertz CT molecular complexity index is 1490. The van der Waals surface area contributed by atoms with Gasteiger partial charge < -0.3 is 24.6 Å². The number of amides is 3. The highest BCUT2D eigenvalue weighted by Crippen LogP contribution is 2.30. The molecule has 1 aromatic heterocycles. The molecule has 0 saturated heterocycles. The monoisotopic (exact) mass is 557 g/mol. The molecule has 1 aliphatic carbocycles. The summed E-state index contributed by atoms with van der Waals surface area (Å²) < 4.78 is 10.8. The molecule has 1 saturated carbocycles. The van der Waals surface area contributed by atoms with E-state index < -0.39 is 0 Å². The summed E-state index contributed by atoms with van der Waals surface area (Å²) in [7, 11) is 3.23. The van der Waals surface area contributed by atoms with Crippen molar-refractivity contribution in [3.63, 3.8) is 0 Å². The van der Waals surface area contributed by atoms with Crippen molar-refractivity contribution < 1.29 is 19.1 Å². The highest BCUT2D eigenvalue weighted by Gasteiger charge is 2.35. The molecule has 1 N–H and O–H groups in total. The van der Waals surface area contributed by atoms with Crippen LogP contribution >= 0.6 is 11.3 Å². The number of nitrogens with one attached hydrogen (secondary N) is 1. The summed E-state index contributed by atoms with van der Waals surface area (Å²) in [6.07, 6.45) is 2.47. The first-order valence-electron chi connectivity index (χ1n) is 13.5. The van der Waals surface area contributed by atoms with E-state index in [0.717, 1.165) is 39.7 Å². The third kappa shape index (κ3) is 6.57. The molecular weight excluding hydrogens is 522 g/mol. The van der Waals surface area contributed by atoms with E-state index in [2.05, 4.69) is 24.4 Å². The summed E-state index contributed by atoms with van der Waals surface area (Å²) in [6.45, 7) is 3.14. The predicted molar refractivity (Wildman–Crippen MR) is 160 cm³/mol. The van der Waals surface area contributed by atoms with E-state index in [1.54, 1.807) is 30.5 Å². The standard InChI is InChI=1S/C32H35N3O4S/c1-22-11-15-26(40-22)20-34(18-17-23-12-16-29(38-2)30(19-23)39-3)31(36)21-35(25-13-14-25)32(37)33-28-10-6-8-24-7-4-5-9-27(24)28/h4-12,15-16,19,25H,13-14,17-18,20-21H2,1-3H3,(H,33,37). The van der Waals surface area contributed by atoms with Gasteiger partial charge in [-0.1, -0.05) is 42.5 Å². The van der Waals surface area contributed by atoms with E-state index in [0.29, 0.717) is 31.0 Å². The van der Waals surface area contributed by atoms with Crippen LogP contribution in [0.2, 0.25) is 0 Å². The fraction of sp³-hybridized carbons (Fsp3) is 0.312. The van der Waals surface area contributed by atoms with Crippen molar-refractivity contribution in [1.82, 2.24) is 9.80 Å². The molecule has 1 heterocycles. The second-order valence-corrected chi connectivity index (χ2v) is 11.5. The number of aryl methyl sites for hydroxylation is 1. The summed E-state index contributed by atoms with van der Waals surface area (Å²) >= 11 is 1.69. The van der Waals surface area contributed by atoms with Gasteiger partial charge in [-0.3, -0.25) is 4.79 Å². The summed E-state index contributed by atoms with van der Waals surface area (Å²) in [5, 5.41) is 5.11. The number of urea groups is 1. The highest BCUT2D eigenvalue weighted by atomic mass is 32.1. The topological polar surface area (TPSA) is 71.1 Å². The van der Waals surface area contributed by atoms with Crippen LogP contribution in [0.15, 0.2) is 72.8 Å². The average Bonchev–Trinajstić information content (AvgIpc) is 3.73. The molecule has 0 bridgehead atoms. The van der Waals surface area contributed by atoms with Crippen LogP contribution in [-0.2, 0) is 17.8 Å². The second kappa shape index (κ2) is 12.4. The first kappa shape index (κ1) is 27.5. The van der Waals surface area contributed by atoms with Crippen molar-refractivity contribution in [3.8, 4) is 11.5 Å². The molecular formula is C32H35N3O4S. The average molecular weight is 558 g/mol. The van der Waals surface area contributed by atoms with Crippen LogP contribution in [0, 0.1) is 6.92 Å². The quantitative estimate of drug-likeness (QED) is 0.229. The zero-order valence-corrected chi connectivity index (χ0v) is 24.0. The highest BCUT2D eigenvalue weighted by molar-refractivity contribution is 7.11. The number of fused-ring (bicyclic) bond motifs is 1. The minimum atomic E-state index is -0.237. The Morgan fingerprint density at radius 2 is 1.73 bits per heavy atom. The smallest absolute Gasteiger partial charge is 0.322 e. The Labute approximate surface area is 239 Å². The Hall–Kier alpha value is -4.04. The van der Waals surface area contributed by atoms with Gasteiger partial charge in [0.15, 0.2) is 11.5 Å². The van der Waals surface area contributed by atoms with Crippen molar-refractivity contribution in [2.75, 3.05) is 32.6 Å². The van der Waals surface area contributed by atoms with Crippen LogP contribution in [0.4, 0.5) is 10.5 Å². The van der Waals surface area contributed by atoms with Gasteiger partial charge in [-0.25, -0.2) is 4.79 Å². The SMILES string of the molecule is COc1ccc(CCN(Cc2ccc(C)s2)C(=O)CN(C(=O)Nc2cccc3ccccc23)C2CC2)cc1OC. The number of methoxy groups -OCH3 is 2. The molecule has 208 valence electrons. The lowest BCUT2D eigenvalue weighted by Crippen LogP contribution is -2.45. The summed E-state index contributed by atoms with van der Waals surface area (Å²) in [6, 6.07) is 23.6. The van der Waals surface area contributed by atoms with Gasteiger partial charge in [0, 0.05) is 27.7 Å². The molecule has 0 radical (unpaired) electrons. The molecule has 40 heavy (non-hydrogen) atoms. The largest absolute Gasteiger partial charge is 0.493 e. The lowest BCUT2D eigenvalue weighted by molar-refractivity contribution is -0.132. The van der Waals surface area contributed by atoms with Gasteiger partial charge >= 0.3 is 6.03 Å². The summed E-state index contributed by atoms with van der Waals surface area (Å²) in [5.41, 5.74) is 1.80. The van der Waals surface area contributed by atoms with E-state index in [4.69, 9.17) is 9.47 Å². The Kier molecular flexibility index (Phi) is 8.55. The van der Waals surface area contributed by atoms with Gasteiger partial charge in [0.2, 0.25) is 5.91 Å². The number of benzene rings is 3. The number of rotatable bonds is 11. The summed E-state index contributed by atoms with van der Waals surface area (Å²) in [5.74, 6) is 1.27. The number of nitrogens with zero attached hydrogens (tertiary/aromatic N) is 2. The van der Waals surface area contributed by atoms with Crippen molar-refractivity contribution >= 4 is 39.7 Å².